The van der Waals surface area contributed by atoms with Crippen molar-refractivity contribution in [2.45, 2.75) is 45.1 Å². The molecule has 1 unspecified atom stereocenters. The van der Waals surface area contributed by atoms with Crippen LogP contribution in [0.3, 0.4) is 0 Å². The summed E-state index contributed by atoms with van der Waals surface area (Å²) in [5.41, 5.74) is 0. The maximum Gasteiger partial charge on any atom is 0.305 e. The average Bonchev–Trinajstić information content (AvgIpc) is 2.64. The highest BCUT2D eigenvalue weighted by molar-refractivity contribution is 5.69. The van der Waals surface area contributed by atoms with Gasteiger partial charge in [0.1, 0.15) is 0 Å². The van der Waals surface area contributed by atoms with Crippen LogP contribution in [0.25, 0.3) is 0 Å². The van der Waals surface area contributed by atoms with Crippen LogP contribution in [-0.2, 0) is 9.53 Å². The number of carbonyl (C=O) groups is 1. The van der Waals surface area contributed by atoms with Gasteiger partial charge >= 0.3 is 5.97 Å². The third kappa shape index (κ3) is 5.47. The monoisotopic (exact) mass is 229 g/mol. The van der Waals surface area contributed by atoms with E-state index in [9.17, 15) is 9.90 Å². The normalized spacial score (nSPS) is 21.2. The molecule has 1 aliphatic heterocycles. The number of aliphatic hydroxyl groups excluding tert-OH is 1. The van der Waals surface area contributed by atoms with E-state index in [2.05, 4.69) is 4.90 Å². The molecule has 1 fully saturated rings. The van der Waals surface area contributed by atoms with Crippen molar-refractivity contribution in [3.8, 4) is 0 Å². The van der Waals surface area contributed by atoms with Gasteiger partial charge in [-0.15, -0.1) is 0 Å². The van der Waals surface area contributed by atoms with Gasteiger partial charge in [0.2, 0.25) is 0 Å². The Morgan fingerprint density at radius 1 is 1.44 bits per heavy atom. The van der Waals surface area contributed by atoms with E-state index in [1.54, 1.807) is 0 Å². The molecular weight excluding hydrogens is 206 g/mol. The first-order chi connectivity index (χ1) is 7.72. The van der Waals surface area contributed by atoms with Gasteiger partial charge in [-0.05, 0) is 32.7 Å². The summed E-state index contributed by atoms with van der Waals surface area (Å²) < 4.78 is 4.85. The minimum absolute atomic E-state index is 0.0842. The number of aliphatic hydroxyl groups is 1. The van der Waals surface area contributed by atoms with E-state index in [0.717, 1.165) is 45.3 Å². The molecule has 1 rings (SSSR count). The molecule has 0 aliphatic carbocycles. The van der Waals surface area contributed by atoms with Gasteiger partial charge in [-0.25, -0.2) is 0 Å². The standard InChI is InChI=1S/C12H23NO3/c1-2-16-12(15)6-4-3-5-8-13-9-7-11(14)10-13/h11,14H,2-10H2,1H3. The Balaban J connectivity index is 1.90. The van der Waals surface area contributed by atoms with Gasteiger partial charge in [0.05, 0.1) is 12.7 Å². The molecule has 4 heteroatoms. The topological polar surface area (TPSA) is 49.8 Å². The first-order valence-electron chi connectivity index (χ1n) is 6.28. The molecule has 0 aromatic carbocycles. The zero-order valence-corrected chi connectivity index (χ0v) is 10.2. The number of likely N-dealkylation sites (tertiary alicyclic amines) is 1. The molecule has 94 valence electrons. The molecule has 1 heterocycles. The molecule has 0 saturated carbocycles. The fourth-order valence-corrected chi connectivity index (χ4v) is 2.03. The van der Waals surface area contributed by atoms with Gasteiger partial charge in [-0.1, -0.05) is 6.42 Å². The van der Waals surface area contributed by atoms with Crippen LogP contribution >= 0.6 is 0 Å². The first-order valence-corrected chi connectivity index (χ1v) is 6.28. The molecule has 1 aliphatic rings. The molecule has 0 spiro atoms. The fraction of sp³-hybridized carbons (Fsp3) is 0.917. The molecule has 0 amide bonds. The second-order valence-corrected chi connectivity index (χ2v) is 4.36. The van der Waals surface area contributed by atoms with Crippen LogP contribution in [0.15, 0.2) is 0 Å². The molecule has 1 atom stereocenters. The smallest absolute Gasteiger partial charge is 0.305 e. The van der Waals surface area contributed by atoms with Crippen molar-refractivity contribution >= 4 is 5.97 Å². The minimum atomic E-state index is -0.125. The molecule has 0 aromatic heterocycles. The van der Waals surface area contributed by atoms with Crippen molar-refractivity contribution in [1.82, 2.24) is 4.90 Å². The number of unbranched alkanes of at least 4 members (excludes halogenated alkanes) is 2. The Hall–Kier alpha value is -0.610. The highest BCUT2D eigenvalue weighted by atomic mass is 16.5. The van der Waals surface area contributed by atoms with Crippen LogP contribution in [0, 0.1) is 0 Å². The van der Waals surface area contributed by atoms with Gasteiger partial charge < -0.3 is 14.7 Å². The van der Waals surface area contributed by atoms with E-state index in [1.807, 2.05) is 6.92 Å². The van der Waals surface area contributed by atoms with Crippen molar-refractivity contribution < 1.29 is 14.6 Å². The van der Waals surface area contributed by atoms with E-state index in [4.69, 9.17) is 4.74 Å². The Morgan fingerprint density at radius 2 is 2.25 bits per heavy atom. The first kappa shape index (κ1) is 13.5. The molecule has 0 aromatic rings. The molecule has 4 nitrogen and oxygen atoms in total. The van der Waals surface area contributed by atoms with Crippen LogP contribution in [0.4, 0.5) is 0 Å². The van der Waals surface area contributed by atoms with Crippen LogP contribution in [-0.4, -0.2) is 48.3 Å². The number of esters is 1. The lowest BCUT2D eigenvalue weighted by atomic mass is 10.2. The Morgan fingerprint density at radius 3 is 2.88 bits per heavy atom. The Labute approximate surface area is 97.6 Å². The number of rotatable bonds is 7. The number of β-amino-alcohol motifs (C(OH)–C–C–N with tert-alkyl or cyclic N) is 1. The SMILES string of the molecule is CCOC(=O)CCCCCN1CCC(O)C1. The van der Waals surface area contributed by atoms with Gasteiger partial charge in [0.15, 0.2) is 0 Å². The van der Waals surface area contributed by atoms with E-state index in [1.165, 1.54) is 0 Å². The largest absolute Gasteiger partial charge is 0.466 e. The summed E-state index contributed by atoms with van der Waals surface area (Å²) in [6, 6.07) is 0. The molecule has 1 N–H and O–H groups in total. The summed E-state index contributed by atoms with van der Waals surface area (Å²) in [6.45, 7) is 5.18. The molecule has 0 bridgehead atoms. The highest BCUT2D eigenvalue weighted by Gasteiger charge is 2.18. The maximum absolute atomic E-state index is 11.0. The fourth-order valence-electron chi connectivity index (χ4n) is 2.03. The van der Waals surface area contributed by atoms with Crippen LogP contribution in [0.5, 0.6) is 0 Å². The predicted molar refractivity (Wildman–Crippen MR) is 62.2 cm³/mol. The lowest BCUT2D eigenvalue weighted by Gasteiger charge is -2.14. The van der Waals surface area contributed by atoms with E-state index >= 15 is 0 Å². The van der Waals surface area contributed by atoms with E-state index < -0.39 is 0 Å². The minimum Gasteiger partial charge on any atom is -0.466 e. The van der Waals surface area contributed by atoms with Crippen molar-refractivity contribution in [2.75, 3.05) is 26.2 Å². The summed E-state index contributed by atoms with van der Waals surface area (Å²) in [6.07, 6.45) is 4.39. The van der Waals surface area contributed by atoms with Crippen LogP contribution in [0.2, 0.25) is 0 Å². The summed E-state index contributed by atoms with van der Waals surface area (Å²) in [7, 11) is 0. The molecule has 0 radical (unpaired) electrons. The van der Waals surface area contributed by atoms with Gasteiger partial charge in [-0.2, -0.15) is 0 Å². The summed E-state index contributed by atoms with van der Waals surface area (Å²) in [5, 5.41) is 9.33. The zero-order chi connectivity index (χ0) is 11.8. The highest BCUT2D eigenvalue weighted by Crippen LogP contribution is 2.10. The second kappa shape index (κ2) is 7.63. The van der Waals surface area contributed by atoms with Gasteiger partial charge in [0.25, 0.3) is 0 Å². The molecular formula is C12H23NO3. The zero-order valence-electron chi connectivity index (χ0n) is 10.2. The number of hydrogen-bond donors (Lipinski definition) is 1. The van der Waals surface area contributed by atoms with Gasteiger partial charge in [-0.3, -0.25) is 4.79 Å². The van der Waals surface area contributed by atoms with Crippen molar-refractivity contribution in [1.29, 1.82) is 0 Å². The van der Waals surface area contributed by atoms with E-state index in [0.29, 0.717) is 13.0 Å². The molecule has 1 saturated heterocycles. The number of ether oxygens (including phenoxy) is 1. The van der Waals surface area contributed by atoms with Crippen molar-refractivity contribution in [3.05, 3.63) is 0 Å². The maximum atomic E-state index is 11.0. The van der Waals surface area contributed by atoms with Gasteiger partial charge in [0, 0.05) is 19.5 Å². The van der Waals surface area contributed by atoms with Crippen LogP contribution in [0.1, 0.15) is 39.0 Å². The second-order valence-electron chi connectivity index (χ2n) is 4.36. The lowest BCUT2D eigenvalue weighted by Crippen LogP contribution is -2.23. The summed E-state index contributed by atoms with van der Waals surface area (Å²) in [5.74, 6) is -0.0842. The number of carbonyl (C=O) groups excluding carboxylic acids is 1. The lowest BCUT2D eigenvalue weighted by molar-refractivity contribution is -0.143. The van der Waals surface area contributed by atoms with Crippen LogP contribution < -0.4 is 0 Å². The third-order valence-electron chi connectivity index (χ3n) is 2.91. The molecule has 16 heavy (non-hydrogen) atoms. The average molecular weight is 229 g/mol. The summed E-state index contributed by atoms with van der Waals surface area (Å²) >= 11 is 0. The Bertz CT molecular complexity index is 208. The quantitative estimate of drug-likeness (QED) is 0.526. The third-order valence-corrected chi connectivity index (χ3v) is 2.91. The number of nitrogens with zero attached hydrogens (tertiary/aromatic N) is 1. The predicted octanol–water partition coefficient (Wildman–Crippen LogP) is 1.18. The van der Waals surface area contributed by atoms with Crippen molar-refractivity contribution in [2.24, 2.45) is 0 Å². The van der Waals surface area contributed by atoms with E-state index in [-0.39, 0.29) is 12.1 Å². The Kier molecular flexibility index (Phi) is 6.42. The number of hydrogen-bond acceptors (Lipinski definition) is 4. The summed E-state index contributed by atoms with van der Waals surface area (Å²) in [4.78, 5) is 13.3. The van der Waals surface area contributed by atoms with Crippen molar-refractivity contribution in [3.63, 3.8) is 0 Å².